The van der Waals surface area contributed by atoms with E-state index < -0.39 is 11.7 Å². The number of para-hydroxylation sites is 1. The summed E-state index contributed by atoms with van der Waals surface area (Å²) in [6.45, 7) is 3.35. The number of ether oxygens (including phenoxy) is 1. The highest BCUT2D eigenvalue weighted by Crippen LogP contribution is 2.38. The molecule has 0 radical (unpaired) electrons. The summed E-state index contributed by atoms with van der Waals surface area (Å²) >= 11 is 0. The molecule has 3 aromatic rings. The van der Waals surface area contributed by atoms with E-state index in [0.717, 1.165) is 18.9 Å². The van der Waals surface area contributed by atoms with Crippen molar-refractivity contribution >= 4 is 11.6 Å². The summed E-state index contributed by atoms with van der Waals surface area (Å²) in [5, 5.41) is 2.94. The molecule has 4 rings (SSSR count). The number of benzene rings is 2. The van der Waals surface area contributed by atoms with Crippen molar-refractivity contribution in [2.24, 2.45) is 0 Å². The molecule has 1 fully saturated rings. The fraction of sp³-hybridized carbons (Fsp3) is 0.370. The standard InChI is InChI=1S/C27H29F3N2O2/c1-17-15-21(18(2)32(17)24-12-8-7-11-22(24)27(28,29)30)26(33)31-23-16-20(13-14-25(23)34-3)19-9-5-4-6-10-19/h7-8,11-16,19H,4-6,9-10H2,1-3H3,(H,31,33). The molecule has 0 aliphatic heterocycles. The maximum absolute atomic E-state index is 13.6. The largest absolute Gasteiger partial charge is 0.495 e. The number of halogens is 3. The third-order valence-corrected chi connectivity index (χ3v) is 6.67. The molecular formula is C27H29F3N2O2. The number of aromatic nitrogens is 1. The Bertz CT molecular complexity index is 1190. The molecule has 0 spiro atoms. The van der Waals surface area contributed by atoms with Gasteiger partial charge < -0.3 is 14.6 Å². The van der Waals surface area contributed by atoms with Crippen molar-refractivity contribution < 1.29 is 22.7 Å². The number of hydrogen-bond acceptors (Lipinski definition) is 2. The Morgan fingerprint density at radius 2 is 1.74 bits per heavy atom. The monoisotopic (exact) mass is 470 g/mol. The van der Waals surface area contributed by atoms with Crippen LogP contribution >= 0.6 is 0 Å². The van der Waals surface area contributed by atoms with Gasteiger partial charge in [0.2, 0.25) is 0 Å². The number of aryl methyl sites for hydroxylation is 1. The van der Waals surface area contributed by atoms with Gasteiger partial charge in [0.25, 0.3) is 5.91 Å². The highest BCUT2D eigenvalue weighted by atomic mass is 19.4. The van der Waals surface area contributed by atoms with Crippen LogP contribution in [0.2, 0.25) is 0 Å². The summed E-state index contributed by atoms with van der Waals surface area (Å²) in [4.78, 5) is 13.3. The molecular weight excluding hydrogens is 441 g/mol. The second-order valence-electron chi connectivity index (χ2n) is 8.88. The van der Waals surface area contributed by atoms with E-state index in [1.54, 1.807) is 33.1 Å². The lowest BCUT2D eigenvalue weighted by molar-refractivity contribution is -0.137. The number of nitrogens with one attached hydrogen (secondary N) is 1. The van der Waals surface area contributed by atoms with Crippen LogP contribution in [0, 0.1) is 13.8 Å². The SMILES string of the molecule is COc1ccc(C2CCCCC2)cc1NC(=O)c1cc(C)n(-c2ccccc2C(F)(F)F)c1C. The van der Waals surface area contributed by atoms with Gasteiger partial charge in [0.15, 0.2) is 0 Å². The summed E-state index contributed by atoms with van der Waals surface area (Å²) in [6, 6.07) is 12.9. The van der Waals surface area contributed by atoms with E-state index in [1.807, 2.05) is 18.2 Å². The fourth-order valence-electron chi connectivity index (χ4n) is 4.97. The topological polar surface area (TPSA) is 43.3 Å². The van der Waals surface area contributed by atoms with Crippen LogP contribution in [-0.2, 0) is 6.18 Å². The van der Waals surface area contributed by atoms with Crippen LogP contribution in [0.1, 0.15) is 70.9 Å². The van der Waals surface area contributed by atoms with Crippen LogP contribution in [0.4, 0.5) is 18.9 Å². The first-order valence-corrected chi connectivity index (χ1v) is 11.6. The molecule has 180 valence electrons. The number of carbonyl (C=O) groups is 1. The number of carbonyl (C=O) groups excluding carboxylic acids is 1. The molecule has 0 atom stereocenters. The fourth-order valence-corrected chi connectivity index (χ4v) is 4.97. The molecule has 1 aromatic heterocycles. The molecule has 7 heteroatoms. The van der Waals surface area contributed by atoms with Gasteiger partial charge in [0.05, 0.1) is 29.6 Å². The van der Waals surface area contributed by atoms with Crippen molar-refractivity contribution in [2.45, 2.75) is 58.0 Å². The molecule has 4 nitrogen and oxygen atoms in total. The molecule has 0 saturated heterocycles. The second kappa shape index (κ2) is 9.57. The maximum atomic E-state index is 13.6. The van der Waals surface area contributed by atoms with Crippen LogP contribution in [0.15, 0.2) is 48.5 Å². The van der Waals surface area contributed by atoms with E-state index in [0.29, 0.717) is 34.3 Å². The summed E-state index contributed by atoms with van der Waals surface area (Å²) in [5.74, 6) is 0.617. The zero-order valence-electron chi connectivity index (χ0n) is 19.6. The van der Waals surface area contributed by atoms with E-state index >= 15 is 0 Å². The Morgan fingerprint density at radius 3 is 2.41 bits per heavy atom. The van der Waals surface area contributed by atoms with Crippen molar-refractivity contribution in [3.05, 3.63) is 76.6 Å². The Hall–Kier alpha value is -3.22. The predicted molar refractivity (Wildman–Crippen MR) is 127 cm³/mol. The van der Waals surface area contributed by atoms with Gasteiger partial charge >= 0.3 is 6.18 Å². The van der Waals surface area contributed by atoms with E-state index in [-0.39, 0.29) is 11.6 Å². The summed E-state index contributed by atoms with van der Waals surface area (Å²) < 4.78 is 47.8. The normalized spacial score (nSPS) is 14.8. The Labute approximate surface area is 197 Å². The van der Waals surface area contributed by atoms with Gasteiger partial charge in [-0.1, -0.05) is 37.5 Å². The number of hydrogen-bond donors (Lipinski definition) is 1. The van der Waals surface area contributed by atoms with Gasteiger partial charge in [-0.05, 0) is 68.5 Å². The average Bonchev–Trinajstić information content (AvgIpc) is 3.12. The molecule has 1 amide bonds. The lowest BCUT2D eigenvalue weighted by atomic mass is 9.84. The van der Waals surface area contributed by atoms with Crippen molar-refractivity contribution in [2.75, 3.05) is 12.4 Å². The zero-order valence-corrected chi connectivity index (χ0v) is 19.6. The van der Waals surface area contributed by atoms with Crippen LogP contribution in [-0.4, -0.2) is 17.6 Å². The molecule has 1 N–H and O–H groups in total. The molecule has 34 heavy (non-hydrogen) atoms. The van der Waals surface area contributed by atoms with Crippen molar-refractivity contribution in [1.29, 1.82) is 0 Å². The highest BCUT2D eigenvalue weighted by molar-refractivity contribution is 6.06. The lowest BCUT2D eigenvalue weighted by Crippen LogP contribution is -2.15. The second-order valence-corrected chi connectivity index (χ2v) is 8.88. The van der Waals surface area contributed by atoms with Gasteiger partial charge in [0, 0.05) is 11.4 Å². The minimum Gasteiger partial charge on any atom is -0.495 e. The zero-order chi connectivity index (χ0) is 24.5. The molecule has 1 aliphatic carbocycles. The van der Waals surface area contributed by atoms with E-state index in [9.17, 15) is 18.0 Å². The highest BCUT2D eigenvalue weighted by Gasteiger charge is 2.34. The predicted octanol–water partition coefficient (Wildman–Crippen LogP) is 7.42. The summed E-state index contributed by atoms with van der Waals surface area (Å²) in [7, 11) is 1.55. The first kappa shape index (κ1) is 23.9. The quantitative estimate of drug-likeness (QED) is 0.422. The minimum absolute atomic E-state index is 0.000858. The van der Waals surface area contributed by atoms with Gasteiger partial charge in [-0.2, -0.15) is 13.2 Å². The summed E-state index contributed by atoms with van der Waals surface area (Å²) in [6.07, 6.45) is 1.39. The Kier molecular flexibility index (Phi) is 6.73. The van der Waals surface area contributed by atoms with Crippen LogP contribution in [0.25, 0.3) is 5.69 Å². The number of rotatable bonds is 5. The third kappa shape index (κ3) is 4.69. The van der Waals surface area contributed by atoms with Crippen LogP contribution in [0.5, 0.6) is 5.75 Å². The first-order valence-electron chi connectivity index (χ1n) is 11.6. The van der Waals surface area contributed by atoms with E-state index in [4.69, 9.17) is 4.74 Å². The van der Waals surface area contributed by atoms with Crippen molar-refractivity contribution in [3.8, 4) is 11.4 Å². The first-order chi connectivity index (χ1) is 16.2. The molecule has 0 unspecified atom stereocenters. The van der Waals surface area contributed by atoms with Gasteiger partial charge in [-0.15, -0.1) is 0 Å². The van der Waals surface area contributed by atoms with Crippen LogP contribution in [0.3, 0.4) is 0 Å². The molecule has 1 heterocycles. The Balaban J connectivity index is 1.67. The molecule has 1 aliphatic rings. The lowest BCUT2D eigenvalue weighted by Gasteiger charge is -2.23. The number of nitrogens with zero attached hydrogens (tertiary/aromatic N) is 1. The Morgan fingerprint density at radius 1 is 1.03 bits per heavy atom. The third-order valence-electron chi connectivity index (χ3n) is 6.67. The van der Waals surface area contributed by atoms with Gasteiger partial charge in [-0.3, -0.25) is 4.79 Å². The summed E-state index contributed by atoms with van der Waals surface area (Å²) in [5.41, 5.74) is 2.29. The van der Waals surface area contributed by atoms with E-state index in [1.165, 1.54) is 41.5 Å². The van der Waals surface area contributed by atoms with Gasteiger partial charge in [0.1, 0.15) is 5.75 Å². The minimum atomic E-state index is -4.50. The number of anilines is 1. The van der Waals surface area contributed by atoms with E-state index in [2.05, 4.69) is 5.32 Å². The average molecular weight is 471 g/mol. The van der Waals surface area contributed by atoms with Gasteiger partial charge in [-0.25, -0.2) is 0 Å². The van der Waals surface area contributed by atoms with Crippen molar-refractivity contribution in [3.63, 3.8) is 0 Å². The number of amides is 1. The number of alkyl halides is 3. The smallest absolute Gasteiger partial charge is 0.418 e. The number of methoxy groups -OCH3 is 1. The maximum Gasteiger partial charge on any atom is 0.418 e. The van der Waals surface area contributed by atoms with Crippen LogP contribution < -0.4 is 10.1 Å². The van der Waals surface area contributed by atoms with Crippen molar-refractivity contribution in [1.82, 2.24) is 4.57 Å². The molecule has 1 saturated carbocycles. The molecule has 2 aromatic carbocycles. The molecule has 0 bridgehead atoms.